The van der Waals surface area contributed by atoms with Crippen molar-refractivity contribution < 1.29 is 4.74 Å². The van der Waals surface area contributed by atoms with Gasteiger partial charge in [0.15, 0.2) is 0 Å². The molecule has 2 nitrogen and oxygen atoms in total. The maximum absolute atomic E-state index is 5.32. The monoisotopic (exact) mass is 145 g/mol. The van der Waals surface area contributed by atoms with Crippen LogP contribution in [0.15, 0.2) is 0 Å². The van der Waals surface area contributed by atoms with Gasteiger partial charge in [-0.1, -0.05) is 6.92 Å². The lowest BCUT2D eigenvalue weighted by atomic mass is 10.1. The van der Waals surface area contributed by atoms with Crippen LogP contribution in [0.25, 0.3) is 0 Å². The fourth-order valence-electron chi connectivity index (χ4n) is 0.752. The minimum absolute atomic E-state index is 0.0446. The summed E-state index contributed by atoms with van der Waals surface area (Å²) in [5.41, 5.74) is -0.0446. The van der Waals surface area contributed by atoms with Crippen LogP contribution < -0.4 is 5.32 Å². The van der Waals surface area contributed by atoms with Gasteiger partial charge in [-0.3, -0.25) is 0 Å². The molecule has 1 atom stereocenters. The van der Waals surface area contributed by atoms with E-state index < -0.39 is 0 Å². The summed E-state index contributed by atoms with van der Waals surface area (Å²) in [6.45, 7) is 5.00. The second kappa shape index (κ2) is 2.14. The third-order valence-electron chi connectivity index (χ3n) is 1.69. The van der Waals surface area contributed by atoms with Gasteiger partial charge in [-0.2, -0.15) is 0 Å². The highest BCUT2D eigenvalue weighted by molar-refractivity contribution is 7.80. The van der Waals surface area contributed by atoms with Crippen molar-refractivity contribution in [3.8, 4) is 0 Å². The van der Waals surface area contributed by atoms with Crippen LogP contribution in [0.3, 0.4) is 0 Å². The standard InChI is InChI=1S/C6H11NOS/c1-3-6(2)4-7-5(9)8-6/h3-4H2,1-2H3,(H,7,9). The third kappa shape index (κ3) is 1.33. The first-order chi connectivity index (χ1) is 4.16. The van der Waals surface area contributed by atoms with Crippen LogP contribution in [0.1, 0.15) is 20.3 Å². The average Bonchev–Trinajstić information content (AvgIpc) is 2.13. The Morgan fingerprint density at radius 3 is 2.78 bits per heavy atom. The van der Waals surface area contributed by atoms with Gasteiger partial charge >= 0.3 is 0 Å². The van der Waals surface area contributed by atoms with Gasteiger partial charge in [0, 0.05) is 0 Å². The highest BCUT2D eigenvalue weighted by Crippen LogP contribution is 2.18. The molecule has 0 saturated carbocycles. The van der Waals surface area contributed by atoms with Gasteiger partial charge in [0.2, 0.25) is 0 Å². The zero-order valence-corrected chi connectivity index (χ0v) is 6.55. The van der Waals surface area contributed by atoms with E-state index in [0.29, 0.717) is 5.17 Å². The van der Waals surface area contributed by atoms with Crippen LogP contribution in [0.4, 0.5) is 0 Å². The van der Waals surface area contributed by atoms with Crippen LogP contribution in [-0.4, -0.2) is 17.3 Å². The Morgan fingerprint density at radius 2 is 2.56 bits per heavy atom. The minimum Gasteiger partial charge on any atom is -0.463 e. The normalized spacial score (nSPS) is 33.8. The summed E-state index contributed by atoms with van der Waals surface area (Å²) in [4.78, 5) is 0. The van der Waals surface area contributed by atoms with Gasteiger partial charge < -0.3 is 10.1 Å². The summed E-state index contributed by atoms with van der Waals surface area (Å²) in [7, 11) is 0. The molecule has 1 rings (SSSR count). The molecule has 0 spiro atoms. The van der Waals surface area contributed by atoms with E-state index in [-0.39, 0.29) is 5.60 Å². The summed E-state index contributed by atoms with van der Waals surface area (Å²) >= 11 is 4.80. The highest BCUT2D eigenvalue weighted by atomic mass is 32.1. The molecule has 1 heterocycles. The number of nitrogens with one attached hydrogen (secondary N) is 1. The number of rotatable bonds is 1. The first kappa shape index (κ1) is 6.81. The lowest BCUT2D eigenvalue weighted by Crippen LogP contribution is -2.27. The molecular formula is C6H11NOS. The van der Waals surface area contributed by atoms with Crippen molar-refractivity contribution >= 4 is 17.4 Å². The Morgan fingerprint density at radius 1 is 1.89 bits per heavy atom. The van der Waals surface area contributed by atoms with E-state index in [1.807, 2.05) is 0 Å². The molecule has 0 radical (unpaired) electrons. The van der Waals surface area contributed by atoms with Crippen LogP contribution >= 0.6 is 12.2 Å². The lowest BCUT2D eigenvalue weighted by Gasteiger charge is -2.18. The summed E-state index contributed by atoms with van der Waals surface area (Å²) < 4.78 is 5.32. The molecule has 0 aromatic carbocycles. The zero-order chi connectivity index (χ0) is 6.91. The van der Waals surface area contributed by atoms with Gasteiger partial charge in [-0.15, -0.1) is 0 Å². The fraction of sp³-hybridized carbons (Fsp3) is 0.833. The molecule has 0 bridgehead atoms. The smallest absolute Gasteiger partial charge is 0.257 e. The van der Waals surface area contributed by atoms with Crippen molar-refractivity contribution in [3.63, 3.8) is 0 Å². The first-order valence-corrected chi connectivity index (χ1v) is 3.54. The molecular weight excluding hydrogens is 134 g/mol. The number of hydrogen-bond acceptors (Lipinski definition) is 2. The second-order valence-corrected chi connectivity index (χ2v) is 2.92. The summed E-state index contributed by atoms with van der Waals surface area (Å²) in [5.74, 6) is 0. The number of ether oxygens (including phenoxy) is 1. The molecule has 1 saturated heterocycles. The van der Waals surface area contributed by atoms with Gasteiger partial charge in [-0.25, -0.2) is 0 Å². The van der Waals surface area contributed by atoms with Crippen LogP contribution in [-0.2, 0) is 4.74 Å². The predicted molar refractivity (Wildman–Crippen MR) is 40.4 cm³/mol. The van der Waals surface area contributed by atoms with Gasteiger partial charge in [0.05, 0.1) is 6.54 Å². The molecule has 0 aromatic rings. The molecule has 1 aliphatic heterocycles. The summed E-state index contributed by atoms with van der Waals surface area (Å²) in [6, 6.07) is 0. The Bertz CT molecular complexity index is 137. The lowest BCUT2D eigenvalue weighted by molar-refractivity contribution is 0.114. The molecule has 52 valence electrons. The van der Waals surface area contributed by atoms with E-state index in [4.69, 9.17) is 17.0 Å². The molecule has 1 unspecified atom stereocenters. The fourth-order valence-corrected chi connectivity index (χ4v) is 1.03. The average molecular weight is 145 g/mol. The van der Waals surface area contributed by atoms with E-state index in [0.717, 1.165) is 13.0 Å². The van der Waals surface area contributed by atoms with Crippen LogP contribution in [0.2, 0.25) is 0 Å². The molecule has 1 fully saturated rings. The molecule has 1 N–H and O–H groups in total. The van der Waals surface area contributed by atoms with Crippen molar-refractivity contribution in [1.82, 2.24) is 5.32 Å². The van der Waals surface area contributed by atoms with Crippen molar-refractivity contribution in [2.75, 3.05) is 6.54 Å². The second-order valence-electron chi connectivity index (χ2n) is 2.55. The molecule has 1 aliphatic rings. The van der Waals surface area contributed by atoms with Gasteiger partial charge in [-0.05, 0) is 25.6 Å². The highest BCUT2D eigenvalue weighted by Gasteiger charge is 2.30. The molecule has 0 aliphatic carbocycles. The van der Waals surface area contributed by atoms with Crippen LogP contribution in [0.5, 0.6) is 0 Å². The third-order valence-corrected chi connectivity index (χ3v) is 1.92. The van der Waals surface area contributed by atoms with Gasteiger partial charge in [0.25, 0.3) is 5.17 Å². The van der Waals surface area contributed by atoms with Gasteiger partial charge in [0.1, 0.15) is 5.60 Å². The Balaban J connectivity index is 2.54. The predicted octanol–water partition coefficient (Wildman–Crippen LogP) is 1.06. The maximum atomic E-state index is 5.32. The van der Waals surface area contributed by atoms with Crippen molar-refractivity contribution in [3.05, 3.63) is 0 Å². The van der Waals surface area contributed by atoms with Crippen molar-refractivity contribution in [1.29, 1.82) is 0 Å². The zero-order valence-electron chi connectivity index (χ0n) is 5.73. The van der Waals surface area contributed by atoms with Crippen molar-refractivity contribution in [2.45, 2.75) is 25.9 Å². The maximum Gasteiger partial charge on any atom is 0.257 e. The topological polar surface area (TPSA) is 21.3 Å². The summed E-state index contributed by atoms with van der Waals surface area (Å²) in [5, 5.41) is 3.51. The first-order valence-electron chi connectivity index (χ1n) is 3.13. The SMILES string of the molecule is CCC1(C)CNC(=S)O1. The largest absolute Gasteiger partial charge is 0.463 e. The van der Waals surface area contributed by atoms with Crippen molar-refractivity contribution in [2.24, 2.45) is 0 Å². The van der Waals surface area contributed by atoms with E-state index >= 15 is 0 Å². The Kier molecular flexibility index (Phi) is 1.62. The Labute approximate surface area is 60.6 Å². The van der Waals surface area contributed by atoms with Crippen LogP contribution in [0, 0.1) is 0 Å². The van der Waals surface area contributed by atoms with E-state index in [9.17, 15) is 0 Å². The van der Waals surface area contributed by atoms with E-state index in [1.165, 1.54) is 0 Å². The number of hydrogen-bond donors (Lipinski definition) is 1. The van der Waals surface area contributed by atoms with E-state index in [1.54, 1.807) is 0 Å². The molecule has 0 amide bonds. The molecule has 0 aromatic heterocycles. The molecule has 3 heteroatoms. The van der Waals surface area contributed by atoms with E-state index in [2.05, 4.69) is 19.2 Å². The number of thiocarbonyl (C=S) groups is 1. The summed E-state index contributed by atoms with van der Waals surface area (Å²) in [6.07, 6.45) is 1.00. The minimum atomic E-state index is -0.0446. The molecule has 9 heavy (non-hydrogen) atoms. The quantitative estimate of drug-likeness (QED) is 0.557. The Hall–Kier alpha value is -0.310.